The Labute approximate surface area is 165 Å². The van der Waals surface area contributed by atoms with Crippen molar-refractivity contribution in [2.24, 2.45) is 17.8 Å². The van der Waals surface area contributed by atoms with Crippen molar-refractivity contribution < 1.29 is 23.8 Å². The van der Waals surface area contributed by atoms with E-state index in [1.165, 1.54) is 0 Å². The fourth-order valence-electron chi connectivity index (χ4n) is 4.53. The van der Waals surface area contributed by atoms with Gasteiger partial charge in [0.15, 0.2) is 5.78 Å². The number of fused-ring (bicyclic) bond motifs is 5. The lowest BCUT2D eigenvalue weighted by Crippen LogP contribution is -2.30. The van der Waals surface area contributed by atoms with Gasteiger partial charge in [-0.25, -0.2) is 0 Å². The van der Waals surface area contributed by atoms with Crippen molar-refractivity contribution in [3.63, 3.8) is 0 Å². The van der Waals surface area contributed by atoms with Gasteiger partial charge in [0.1, 0.15) is 11.5 Å². The van der Waals surface area contributed by atoms with E-state index in [2.05, 4.69) is 11.8 Å². The second kappa shape index (κ2) is 7.10. The van der Waals surface area contributed by atoms with Crippen LogP contribution in [0.25, 0.3) is 5.57 Å². The highest BCUT2D eigenvalue weighted by Gasteiger charge is 2.60. The molecule has 0 unspecified atom stereocenters. The van der Waals surface area contributed by atoms with Gasteiger partial charge in [0.05, 0.1) is 42.6 Å². The lowest BCUT2D eigenvalue weighted by Gasteiger charge is -2.22. The quantitative estimate of drug-likeness (QED) is 0.592. The second-order valence-electron chi connectivity index (χ2n) is 7.81. The average molecular weight is 380 g/mol. The Kier molecular flexibility index (Phi) is 4.76. The number of esters is 1. The van der Waals surface area contributed by atoms with Gasteiger partial charge in [0.25, 0.3) is 0 Å². The fourth-order valence-corrected chi connectivity index (χ4v) is 4.53. The molecule has 2 saturated heterocycles. The maximum Gasteiger partial charge on any atom is 0.313 e. The molecular weight excluding hydrogens is 356 g/mol. The van der Waals surface area contributed by atoms with Crippen LogP contribution in [0.5, 0.6) is 5.75 Å². The highest BCUT2D eigenvalue weighted by molar-refractivity contribution is 6.26. The molecule has 4 rings (SSSR count). The summed E-state index contributed by atoms with van der Waals surface area (Å²) in [5, 5.41) is 0. The van der Waals surface area contributed by atoms with Crippen LogP contribution in [0, 0.1) is 29.6 Å². The van der Waals surface area contributed by atoms with Crippen molar-refractivity contribution in [3.05, 3.63) is 35.1 Å². The Balaban J connectivity index is 1.85. The molecule has 1 aromatic rings. The first-order valence-corrected chi connectivity index (χ1v) is 9.73. The van der Waals surface area contributed by atoms with Crippen LogP contribution < -0.4 is 4.74 Å². The summed E-state index contributed by atoms with van der Waals surface area (Å²) in [6.45, 7) is 5.34. The molecule has 3 aliphatic rings. The zero-order valence-electron chi connectivity index (χ0n) is 16.6. The van der Waals surface area contributed by atoms with Crippen molar-refractivity contribution in [3.8, 4) is 17.6 Å². The lowest BCUT2D eigenvalue weighted by molar-refractivity contribution is -0.144. The first-order valence-electron chi connectivity index (χ1n) is 9.73. The Morgan fingerprint density at radius 3 is 2.57 bits per heavy atom. The number of ketones is 1. The zero-order valence-corrected chi connectivity index (χ0v) is 16.6. The van der Waals surface area contributed by atoms with E-state index in [9.17, 15) is 9.59 Å². The van der Waals surface area contributed by atoms with Gasteiger partial charge >= 0.3 is 5.97 Å². The van der Waals surface area contributed by atoms with Gasteiger partial charge in [-0.3, -0.25) is 9.59 Å². The van der Waals surface area contributed by atoms with Crippen LogP contribution in [-0.2, 0) is 19.1 Å². The van der Waals surface area contributed by atoms with Crippen molar-refractivity contribution in [1.29, 1.82) is 0 Å². The number of carbonyl (C=O) groups excluding carboxylic acids is 2. The van der Waals surface area contributed by atoms with Gasteiger partial charge in [-0.2, -0.15) is 0 Å². The smallest absolute Gasteiger partial charge is 0.313 e. The first kappa shape index (κ1) is 18.8. The number of hydrogen-bond donors (Lipinski definition) is 0. The molecule has 5 nitrogen and oxygen atoms in total. The summed E-state index contributed by atoms with van der Waals surface area (Å²) in [6.07, 6.45) is 1.60. The minimum absolute atomic E-state index is 0.0172. The van der Waals surface area contributed by atoms with E-state index in [1.807, 2.05) is 18.2 Å². The van der Waals surface area contributed by atoms with Crippen LogP contribution in [0.1, 0.15) is 44.7 Å². The minimum Gasteiger partial charge on any atom is -0.496 e. The third kappa shape index (κ3) is 2.84. The molecular formula is C23H24O5. The highest BCUT2D eigenvalue weighted by atomic mass is 16.5. The molecule has 0 radical (unpaired) electrons. The molecule has 0 amide bonds. The lowest BCUT2D eigenvalue weighted by atomic mass is 9.80. The summed E-state index contributed by atoms with van der Waals surface area (Å²) in [5.74, 6) is 5.76. The Bertz CT molecular complexity index is 930. The zero-order chi connectivity index (χ0) is 20.0. The third-order valence-corrected chi connectivity index (χ3v) is 5.79. The van der Waals surface area contributed by atoms with Crippen LogP contribution in [0.15, 0.2) is 24.0 Å². The van der Waals surface area contributed by atoms with Gasteiger partial charge in [-0.1, -0.05) is 19.8 Å². The molecule has 0 aromatic heterocycles. The second-order valence-corrected chi connectivity index (χ2v) is 7.81. The summed E-state index contributed by atoms with van der Waals surface area (Å²) in [7, 11) is 1.56. The van der Waals surface area contributed by atoms with Crippen molar-refractivity contribution in [1.82, 2.24) is 0 Å². The Morgan fingerprint density at radius 2 is 1.93 bits per heavy atom. The summed E-state index contributed by atoms with van der Waals surface area (Å²) < 4.78 is 17.3. The molecule has 146 valence electrons. The van der Waals surface area contributed by atoms with Gasteiger partial charge in [-0.15, -0.1) is 5.92 Å². The molecule has 28 heavy (non-hydrogen) atoms. The van der Waals surface area contributed by atoms with E-state index in [0.717, 1.165) is 18.4 Å². The van der Waals surface area contributed by atoms with E-state index >= 15 is 0 Å². The fraction of sp³-hybridized carbons (Fsp3) is 0.478. The summed E-state index contributed by atoms with van der Waals surface area (Å²) in [5.41, 5.74) is 1.91. The van der Waals surface area contributed by atoms with Crippen molar-refractivity contribution >= 4 is 17.3 Å². The van der Waals surface area contributed by atoms with E-state index in [0.29, 0.717) is 22.6 Å². The number of hydrogen-bond acceptors (Lipinski definition) is 5. The monoisotopic (exact) mass is 380 g/mol. The predicted molar refractivity (Wildman–Crippen MR) is 103 cm³/mol. The maximum atomic E-state index is 13.4. The highest BCUT2D eigenvalue weighted by Crippen LogP contribution is 2.55. The third-order valence-electron chi connectivity index (χ3n) is 5.79. The van der Waals surface area contributed by atoms with Gasteiger partial charge in [0, 0.05) is 11.1 Å². The normalized spacial score (nSPS) is 27.7. The van der Waals surface area contributed by atoms with Crippen molar-refractivity contribution in [2.75, 3.05) is 7.11 Å². The Hall–Kier alpha value is -2.58. The number of allylic oxidation sites excluding steroid dienone is 1. The van der Waals surface area contributed by atoms with Crippen LogP contribution in [0.2, 0.25) is 0 Å². The summed E-state index contributed by atoms with van der Waals surface area (Å²) in [6, 6.07) is 5.50. The predicted octanol–water partition coefficient (Wildman–Crippen LogP) is 3.35. The number of Topliss-reactive ketones (excluding diaryl/α,β-unsaturated/α-hetero) is 1. The standard InChI is InChI=1S/C23H24O5/c1-5-6-13-7-8-14(17(11-13)26-4)18-21(24)19-15-9-10-16(27-15)20(19)22(18)28-23(25)12(2)3/h7-8,11-12,15-16,19-20H,9-10H2,1-4H3/t15-,16+,19-,20+/m1/s1. The van der Waals surface area contributed by atoms with Gasteiger partial charge in [0.2, 0.25) is 0 Å². The first-order chi connectivity index (χ1) is 13.5. The largest absolute Gasteiger partial charge is 0.496 e. The molecule has 1 aliphatic carbocycles. The number of methoxy groups -OCH3 is 1. The van der Waals surface area contributed by atoms with Crippen LogP contribution in [0.4, 0.5) is 0 Å². The van der Waals surface area contributed by atoms with Crippen molar-refractivity contribution in [2.45, 2.75) is 45.8 Å². The average Bonchev–Trinajstić information content (AvgIpc) is 3.36. The molecule has 4 atom stereocenters. The summed E-state index contributed by atoms with van der Waals surface area (Å²) in [4.78, 5) is 25.8. The SMILES string of the molecule is CC#Cc1ccc(C2=C(OC(=O)C(C)C)[C@@H]3[C@H](C2=O)[C@H]2CC[C@@H]3O2)c(OC)c1. The molecule has 1 aromatic carbocycles. The molecule has 0 saturated carbocycles. The number of rotatable bonds is 4. The van der Waals surface area contributed by atoms with Crippen LogP contribution >= 0.6 is 0 Å². The number of carbonyl (C=O) groups is 2. The van der Waals surface area contributed by atoms with E-state index in [-0.39, 0.29) is 41.7 Å². The Morgan fingerprint density at radius 1 is 1.21 bits per heavy atom. The molecule has 0 N–H and O–H groups in total. The molecule has 2 aliphatic heterocycles. The number of benzene rings is 1. The van der Waals surface area contributed by atoms with E-state index < -0.39 is 0 Å². The molecule has 2 bridgehead atoms. The topological polar surface area (TPSA) is 61.8 Å². The van der Waals surface area contributed by atoms with E-state index in [4.69, 9.17) is 14.2 Å². The van der Waals surface area contributed by atoms with Gasteiger partial charge < -0.3 is 14.2 Å². The summed E-state index contributed by atoms with van der Waals surface area (Å²) >= 11 is 0. The van der Waals surface area contributed by atoms with Crippen LogP contribution in [-0.4, -0.2) is 31.1 Å². The molecule has 0 spiro atoms. The van der Waals surface area contributed by atoms with E-state index in [1.54, 1.807) is 27.9 Å². The van der Waals surface area contributed by atoms with Crippen LogP contribution in [0.3, 0.4) is 0 Å². The van der Waals surface area contributed by atoms with Gasteiger partial charge in [-0.05, 0) is 38.0 Å². The maximum absolute atomic E-state index is 13.4. The number of ether oxygens (including phenoxy) is 3. The minimum atomic E-state index is -0.337. The molecule has 5 heteroatoms. The molecule has 2 heterocycles. The molecule has 2 fully saturated rings.